The molecule has 4 nitrogen and oxygen atoms in total. The smallest absolute Gasteiger partial charge is 0.337 e. The summed E-state index contributed by atoms with van der Waals surface area (Å²) >= 11 is 0. The first kappa shape index (κ1) is 14.5. The van der Waals surface area contributed by atoms with E-state index in [2.05, 4.69) is 6.07 Å². The quantitative estimate of drug-likeness (QED) is 0.575. The van der Waals surface area contributed by atoms with E-state index < -0.39 is 0 Å². The zero-order chi connectivity index (χ0) is 15.7. The number of benzene rings is 3. The Morgan fingerprint density at radius 1 is 0.909 bits per heavy atom. The summed E-state index contributed by atoms with van der Waals surface area (Å²) in [6.45, 7) is 0.825. The van der Waals surface area contributed by atoms with Gasteiger partial charge in [0.15, 0.2) is 0 Å². The summed E-state index contributed by atoms with van der Waals surface area (Å²) in [6.07, 6.45) is 0. The molecule has 0 amide bonds. The highest BCUT2D eigenvalue weighted by molar-refractivity contribution is 6.07. The maximum atomic E-state index is 11.8. The van der Waals surface area contributed by atoms with Gasteiger partial charge >= 0.3 is 5.97 Å². The van der Waals surface area contributed by atoms with Crippen LogP contribution in [0.2, 0.25) is 0 Å². The van der Waals surface area contributed by atoms with E-state index in [1.165, 1.54) is 7.11 Å². The molecule has 3 aromatic carbocycles. The molecular weight excluding hydrogens is 276 g/mol. The van der Waals surface area contributed by atoms with E-state index in [-0.39, 0.29) is 5.97 Å². The van der Waals surface area contributed by atoms with E-state index in [0.29, 0.717) is 18.7 Å². The summed E-state index contributed by atoms with van der Waals surface area (Å²) < 4.78 is 4.81. The van der Waals surface area contributed by atoms with Crippen molar-refractivity contribution in [3.8, 4) is 0 Å². The molecule has 0 aliphatic carbocycles. The Hall–Kier alpha value is -2.43. The number of rotatable bonds is 3. The second-order valence-corrected chi connectivity index (χ2v) is 5.16. The molecule has 0 fully saturated rings. The highest BCUT2D eigenvalue weighted by atomic mass is 16.5. The highest BCUT2D eigenvalue weighted by Gasteiger charge is 2.14. The van der Waals surface area contributed by atoms with Crippen LogP contribution >= 0.6 is 0 Å². The number of carbonyl (C=O) groups is 1. The van der Waals surface area contributed by atoms with Crippen LogP contribution in [0.3, 0.4) is 0 Å². The molecule has 0 saturated carbocycles. The normalized spacial score (nSPS) is 11.0. The third kappa shape index (κ3) is 2.13. The molecule has 0 atom stereocenters. The number of nitrogens with two attached hydrogens (primary N) is 2. The standard InChI is InChI=1S/C18H18N2O2/c1-22-18(21)11-6-7-14-15(8-11)17(10-20)13-5-3-2-4-12(13)16(14)9-19/h2-8H,9-10,19-20H2,1H3. The van der Waals surface area contributed by atoms with Crippen LogP contribution in [0, 0.1) is 0 Å². The van der Waals surface area contributed by atoms with Crippen molar-refractivity contribution in [3.05, 3.63) is 59.2 Å². The molecule has 22 heavy (non-hydrogen) atoms. The summed E-state index contributed by atoms with van der Waals surface area (Å²) in [5.74, 6) is -0.354. The van der Waals surface area contributed by atoms with Crippen LogP contribution in [-0.2, 0) is 17.8 Å². The first-order chi connectivity index (χ1) is 10.7. The van der Waals surface area contributed by atoms with E-state index in [1.54, 1.807) is 6.07 Å². The molecular formula is C18H18N2O2. The van der Waals surface area contributed by atoms with E-state index in [4.69, 9.17) is 16.2 Å². The molecule has 4 heteroatoms. The van der Waals surface area contributed by atoms with Crippen LogP contribution in [0.1, 0.15) is 21.5 Å². The van der Waals surface area contributed by atoms with Gasteiger partial charge in [-0.1, -0.05) is 30.3 Å². The van der Waals surface area contributed by atoms with Crippen molar-refractivity contribution in [2.45, 2.75) is 13.1 Å². The van der Waals surface area contributed by atoms with Gasteiger partial charge in [-0.25, -0.2) is 4.79 Å². The van der Waals surface area contributed by atoms with Gasteiger partial charge in [0.1, 0.15) is 0 Å². The van der Waals surface area contributed by atoms with E-state index >= 15 is 0 Å². The molecule has 0 bridgehead atoms. The Balaban J connectivity index is 2.47. The van der Waals surface area contributed by atoms with Crippen molar-refractivity contribution in [2.75, 3.05) is 7.11 Å². The first-order valence-corrected chi connectivity index (χ1v) is 7.16. The highest BCUT2D eigenvalue weighted by Crippen LogP contribution is 2.33. The molecule has 0 aromatic heterocycles. The van der Waals surface area contributed by atoms with Crippen molar-refractivity contribution in [3.63, 3.8) is 0 Å². The molecule has 0 radical (unpaired) electrons. The molecule has 0 saturated heterocycles. The number of hydrogen-bond acceptors (Lipinski definition) is 4. The zero-order valence-corrected chi connectivity index (χ0v) is 12.4. The van der Waals surface area contributed by atoms with E-state index in [0.717, 1.165) is 32.7 Å². The number of carbonyl (C=O) groups excluding carboxylic acids is 1. The monoisotopic (exact) mass is 294 g/mol. The summed E-state index contributed by atoms with van der Waals surface area (Å²) in [7, 11) is 1.38. The van der Waals surface area contributed by atoms with Gasteiger partial charge in [-0.2, -0.15) is 0 Å². The van der Waals surface area contributed by atoms with Crippen LogP contribution < -0.4 is 11.5 Å². The van der Waals surface area contributed by atoms with Gasteiger partial charge in [0.25, 0.3) is 0 Å². The number of ether oxygens (including phenoxy) is 1. The van der Waals surface area contributed by atoms with Crippen molar-refractivity contribution >= 4 is 27.5 Å². The molecule has 0 aliphatic heterocycles. The van der Waals surface area contributed by atoms with E-state index in [9.17, 15) is 4.79 Å². The van der Waals surface area contributed by atoms with Gasteiger partial charge in [0, 0.05) is 13.1 Å². The predicted molar refractivity (Wildman–Crippen MR) is 88.6 cm³/mol. The molecule has 0 spiro atoms. The Bertz CT molecular complexity index is 872. The Kier molecular flexibility index (Phi) is 3.79. The number of methoxy groups -OCH3 is 1. The second kappa shape index (κ2) is 5.75. The third-order valence-electron chi connectivity index (χ3n) is 4.08. The van der Waals surface area contributed by atoms with Crippen LogP contribution in [0.25, 0.3) is 21.5 Å². The lowest BCUT2D eigenvalue weighted by molar-refractivity contribution is 0.0601. The van der Waals surface area contributed by atoms with Gasteiger partial charge in [0.05, 0.1) is 12.7 Å². The fraction of sp³-hybridized carbons (Fsp3) is 0.167. The van der Waals surface area contributed by atoms with Gasteiger partial charge in [0.2, 0.25) is 0 Å². The van der Waals surface area contributed by atoms with Crippen molar-refractivity contribution in [1.29, 1.82) is 0 Å². The molecule has 0 unspecified atom stereocenters. The minimum atomic E-state index is -0.354. The van der Waals surface area contributed by atoms with Gasteiger partial charge in [-0.15, -0.1) is 0 Å². The van der Waals surface area contributed by atoms with Gasteiger partial charge in [-0.3, -0.25) is 0 Å². The minimum absolute atomic E-state index is 0.354. The average Bonchev–Trinajstić information content (AvgIpc) is 2.58. The zero-order valence-electron chi connectivity index (χ0n) is 12.4. The van der Waals surface area contributed by atoms with Crippen LogP contribution in [-0.4, -0.2) is 13.1 Å². The molecule has 112 valence electrons. The summed E-state index contributed by atoms with van der Waals surface area (Å²) in [6, 6.07) is 13.6. The molecule has 0 aliphatic rings. The Labute approximate surface area is 128 Å². The van der Waals surface area contributed by atoms with Crippen LogP contribution in [0.15, 0.2) is 42.5 Å². The lowest BCUT2D eigenvalue weighted by Crippen LogP contribution is -2.06. The van der Waals surface area contributed by atoms with Crippen LogP contribution in [0.5, 0.6) is 0 Å². The molecule has 0 heterocycles. The van der Waals surface area contributed by atoms with Crippen molar-refractivity contribution in [2.24, 2.45) is 11.5 Å². The molecule has 4 N–H and O–H groups in total. The largest absolute Gasteiger partial charge is 0.465 e. The second-order valence-electron chi connectivity index (χ2n) is 5.16. The predicted octanol–water partition coefficient (Wildman–Crippen LogP) is 2.70. The van der Waals surface area contributed by atoms with Crippen molar-refractivity contribution in [1.82, 2.24) is 0 Å². The first-order valence-electron chi connectivity index (χ1n) is 7.16. The topological polar surface area (TPSA) is 78.3 Å². The third-order valence-corrected chi connectivity index (χ3v) is 4.08. The van der Waals surface area contributed by atoms with Gasteiger partial charge in [-0.05, 0) is 44.8 Å². The summed E-state index contributed by atoms with van der Waals surface area (Å²) in [4.78, 5) is 11.8. The lowest BCUT2D eigenvalue weighted by Gasteiger charge is -2.15. The average molecular weight is 294 g/mol. The number of fused-ring (bicyclic) bond motifs is 2. The summed E-state index contributed by atoms with van der Waals surface area (Å²) in [5.41, 5.74) is 14.6. The fourth-order valence-corrected chi connectivity index (χ4v) is 3.04. The van der Waals surface area contributed by atoms with Crippen molar-refractivity contribution < 1.29 is 9.53 Å². The Morgan fingerprint density at radius 2 is 1.45 bits per heavy atom. The Morgan fingerprint density at radius 3 is 2.00 bits per heavy atom. The van der Waals surface area contributed by atoms with Crippen LogP contribution in [0.4, 0.5) is 0 Å². The summed E-state index contributed by atoms with van der Waals surface area (Å²) in [5, 5.41) is 4.20. The van der Waals surface area contributed by atoms with E-state index in [1.807, 2.05) is 30.3 Å². The maximum Gasteiger partial charge on any atom is 0.337 e. The fourth-order valence-electron chi connectivity index (χ4n) is 3.04. The number of hydrogen-bond donors (Lipinski definition) is 2. The maximum absolute atomic E-state index is 11.8. The minimum Gasteiger partial charge on any atom is -0.465 e. The lowest BCUT2D eigenvalue weighted by atomic mass is 9.90. The molecule has 3 aromatic rings. The molecule has 3 rings (SSSR count). The van der Waals surface area contributed by atoms with Gasteiger partial charge < -0.3 is 16.2 Å². The number of esters is 1. The SMILES string of the molecule is COC(=O)c1ccc2c(CN)c3ccccc3c(CN)c2c1.